The highest BCUT2D eigenvalue weighted by atomic mass is 16.5. The number of hydrogen-bond acceptors (Lipinski definition) is 3. The zero-order chi connectivity index (χ0) is 14.1. The van der Waals surface area contributed by atoms with Gasteiger partial charge in [0.15, 0.2) is 18.2 Å². The smallest absolute Gasteiger partial charge is 0.317 e. The van der Waals surface area contributed by atoms with Crippen LogP contribution in [0.3, 0.4) is 0 Å². The van der Waals surface area contributed by atoms with Crippen LogP contribution < -0.4 is 20.1 Å². The summed E-state index contributed by atoms with van der Waals surface area (Å²) in [6.45, 7) is 7.30. The van der Waals surface area contributed by atoms with Crippen molar-refractivity contribution in [3.8, 4) is 11.5 Å². The van der Waals surface area contributed by atoms with Gasteiger partial charge in [0.25, 0.3) is 0 Å². The van der Waals surface area contributed by atoms with Gasteiger partial charge in [-0.05, 0) is 25.0 Å². The molecule has 106 valence electrons. The Kier molecular flexibility index (Phi) is 6.57. The molecular weight excluding hydrogens is 244 g/mol. The molecular formula is C14H22N2O3. The largest absolute Gasteiger partial charge is 0.490 e. The van der Waals surface area contributed by atoms with E-state index in [-0.39, 0.29) is 12.8 Å². The molecule has 0 saturated heterocycles. The zero-order valence-electron chi connectivity index (χ0n) is 11.7. The van der Waals surface area contributed by atoms with Crippen molar-refractivity contribution in [3.63, 3.8) is 0 Å². The molecule has 0 spiro atoms. The second kappa shape index (κ2) is 8.24. The summed E-state index contributed by atoms with van der Waals surface area (Å²) in [6, 6.07) is 7.14. The molecule has 0 aliphatic carbocycles. The van der Waals surface area contributed by atoms with Gasteiger partial charge >= 0.3 is 6.03 Å². The van der Waals surface area contributed by atoms with Crippen LogP contribution in [-0.2, 0) is 0 Å². The third-order valence-corrected chi connectivity index (χ3v) is 2.28. The van der Waals surface area contributed by atoms with Crippen LogP contribution in [0.25, 0.3) is 0 Å². The Labute approximate surface area is 114 Å². The van der Waals surface area contributed by atoms with Crippen LogP contribution in [0.5, 0.6) is 11.5 Å². The van der Waals surface area contributed by atoms with Crippen molar-refractivity contribution >= 4 is 6.03 Å². The summed E-state index contributed by atoms with van der Waals surface area (Å²) in [5, 5.41) is 5.37. The number of urea groups is 1. The second-order valence-corrected chi connectivity index (χ2v) is 4.45. The molecule has 2 N–H and O–H groups in total. The molecule has 0 aliphatic rings. The Bertz CT molecular complexity index is 394. The van der Waals surface area contributed by atoms with Gasteiger partial charge in [0.1, 0.15) is 0 Å². The number of hydrogen-bond donors (Lipinski definition) is 2. The van der Waals surface area contributed by atoms with Crippen LogP contribution in [-0.4, -0.2) is 25.9 Å². The Balaban J connectivity index is 2.34. The van der Waals surface area contributed by atoms with Crippen molar-refractivity contribution in [1.29, 1.82) is 0 Å². The molecule has 0 radical (unpaired) electrons. The summed E-state index contributed by atoms with van der Waals surface area (Å²) in [5.74, 6) is 1.72. The Morgan fingerprint density at radius 1 is 1.16 bits per heavy atom. The second-order valence-electron chi connectivity index (χ2n) is 4.45. The summed E-state index contributed by atoms with van der Waals surface area (Å²) in [7, 11) is 0. The van der Waals surface area contributed by atoms with Crippen molar-refractivity contribution in [2.45, 2.75) is 20.8 Å². The molecule has 2 amide bonds. The lowest BCUT2D eigenvalue weighted by Crippen LogP contribution is -2.39. The van der Waals surface area contributed by atoms with E-state index in [0.717, 1.165) is 0 Å². The maximum atomic E-state index is 11.4. The topological polar surface area (TPSA) is 59.6 Å². The van der Waals surface area contributed by atoms with Crippen molar-refractivity contribution in [2.24, 2.45) is 5.92 Å². The first-order valence-electron chi connectivity index (χ1n) is 6.49. The first-order valence-corrected chi connectivity index (χ1v) is 6.49. The monoisotopic (exact) mass is 266 g/mol. The van der Waals surface area contributed by atoms with Crippen LogP contribution in [0, 0.1) is 5.92 Å². The van der Waals surface area contributed by atoms with E-state index < -0.39 is 0 Å². The number of carbonyl (C=O) groups is 1. The number of ether oxygens (including phenoxy) is 2. The summed E-state index contributed by atoms with van der Waals surface area (Å²) in [4.78, 5) is 11.4. The molecule has 5 nitrogen and oxygen atoms in total. The normalized spacial score (nSPS) is 10.1. The van der Waals surface area contributed by atoms with Gasteiger partial charge in [0.05, 0.1) is 6.61 Å². The first kappa shape index (κ1) is 15.1. The first-order chi connectivity index (χ1) is 9.13. The van der Waals surface area contributed by atoms with E-state index in [4.69, 9.17) is 9.47 Å². The van der Waals surface area contributed by atoms with Gasteiger partial charge in [-0.2, -0.15) is 0 Å². The Morgan fingerprint density at radius 2 is 1.79 bits per heavy atom. The molecule has 0 bridgehead atoms. The molecule has 1 aromatic carbocycles. The molecule has 0 saturated carbocycles. The summed E-state index contributed by atoms with van der Waals surface area (Å²) in [6.07, 6.45) is 0. The zero-order valence-corrected chi connectivity index (χ0v) is 11.7. The Hall–Kier alpha value is -1.91. The average Bonchev–Trinajstić information content (AvgIpc) is 2.39. The highest BCUT2D eigenvalue weighted by Gasteiger charge is 2.04. The standard InChI is InChI=1S/C14H22N2O3/c1-4-18-12-7-5-6-8-13(12)19-10-16-14(17)15-9-11(2)3/h5-8,11H,4,9-10H2,1-3H3,(H2,15,16,17). The van der Waals surface area contributed by atoms with Gasteiger partial charge in [0.2, 0.25) is 0 Å². The fourth-order valence-electron chi connectivity index (χ4n) is 1.38. The molecule has 0 fully saturated rings. The number of nitrogens with one attached hydrogen (secondary N) is 2. The predicted octanol–water partition coefficient (Wildman–Crippen LogP) is 2.38. The minimum atomic E-state index is -0.234. The van der Waals surface area contributed by atoms with Gasteiger partial charge in [0, 0.05) is 6.54 Å². The number of carbonyl (C=O) groups excluding carboxylic acids is 1. The summed E-state index contributed by atoms with van der Waals surface area (Å²) < 4.78 is 10.9. The fraction of sp³-hybridized carbons (Fsp3) is 0.500. The predicted molar refractivity (Wildman–Crippen MR) is 74.5 cm³/mol. The van der Waals surface area contributed by atoms with Crippen LogP contribution in [0.1, 0.15) is 20.8 Å². The van der Waals surface area contributed by atoms with Crippen LogP contribution in [0.4, 0.5) is 4.79 Å². The number of benzene rings is 1. The van der Waals surface area contributed by atoms with E-state index in [1.807, 2.05) is 39.0 Å². The molecule has 0 atom stereocenters. The molecule has 19 heavy (non-hydrogen) atoms. The quantitative estimate of drug-likeness (QED) is 0.745. The minimum Gasteiger partial charge on any atom is -0.490 e. The van der Waals surface area contributed by atoms with E-state index in [9.17, 15) is 4.79 Å². The maximum Gasteiger partial charge on any atom is 0.317 e. The van der Waals surface area contributed by atoms with Crippen LogP contribution >= 0.6 is 0 Å². The van der Waals surface area contributed by atoms with Crippen molar-refractivity contribution < 1.29 is 14.3 Å². The summed E-state index contributed by atoms with van der Waals surface area (Å²) in [5.41, 5.74) is 0. The van der Waals surface area contributed by atoms with Gasteiger partial charge in [-0.1, -0.05) is 26.0 Å². The van der Waals surface area contributed by atoms with Crippen molar-refractivity contribution in [1.82, 2.24) is 10.6 Å². The molecule has 0 aromatic heterocycles. The van der Waals surface area contributed by atoms with Gasteiger partial charge in [-0.15, -0.1) is 0 Å². The third-order valence-electron chi connectivity index (χ3n) is 2.28. The highest BCUT2D eigenvalue weighted by Crippen LogP contribution is 2.25. The summed E-state index contributed by atoms with van der Waals surface area (Å²) >= 11 is 0. The van der Waals surface area contributed by atoms with E-state index in [0.29, 0.717) is 30.6 Å². The van der Waals surface area contributed by atoms with Gasteiger partial charge in [-0.25, -0.2) is 4.79 Å². The molecule has 0 unspecified atom stereocenters. The molecule has 0 aliphatic heterocycles. The fourth-order valence-corrected chi connectivity index (χ4v) is 1.38. The van der Waals surface area contributed by atoms with E-state index in [1.165, 1.54) is 0 Å². The molecule has 1 aromatic rings. The average molecular weight is 266 g/mol. The third kappa shape index (κ3) is 5.99. The highest BCUT2D eigenvalue weighted by molar-refractivity contribution is 5.73. The van der Waals surface area contributed by atoms with Gasteiger partial charge in [-0.3, -0.25) is 0 Å². The van der Waals surface area contributed by atoms with E-state index in [2.05, 4.69) is 10.6 Å². The molecule has 5 heteroatoms. The minimum absolute atomic E-state index is 0.105. The van der Waals surface area contributed by atoms with Crippen molar-refractivity contribution in [3.05, 3.63) is 24.3 Å². The van der Waals surface area contributed by atoms with Gasteiger partial charge < -0.3 is 20.1 Å². The lowest BCUT2D eigenvalue weighted by molar-refractivity contribution is 0.219. The number of para-hydroxylation sites is 2. The SMILES string of the molecule is CCOc1ccccc1OCNC(=O)NCC(C)C. The van der Waals surface area contributed by atoms with E-state index in [1.54, 1.807) is 6.07 Å². The number of rotatable bonds is 7. The lowest BCUT2D eigenvalue weighted by Gasteiger charge is -2.13. The number of amides is 2. The van der Waals surface area contributed by atoms with Crippen LogP contribution in [0.2, 0.25) is 0 Å². The lowest BCUT2D eigenvalue weighted by atomic mass is 10.2. The Morgan fingerprint density at radius 3 is 2.37 bits per heavy atom. The van der Waals surface area contributed by atoms with Crippen molar-refractivity contribution in [2.75, 3.05) is 19.9 Å². The maximum absolute atomic E-state index is 11.4. The molecule has 1 rings (SSSR count). The van der Waals surface area contributed by atoms with Crippen LogP contribution in [0.15, 0.2) is 24.3 Å². The van der Waals surface area contributed by atoms with E-state index >= 15 is 0 Å². The molecule has 0 heterocycles.